The molecule has 0 aliphatic heterocycles. The van der Waals surface area contributed by atoms with E-state index in [-0.39, 0.29) is 5.82 Å². The van der Waals surface area contributed by atoms with Gasteiger partial charge < -0.3 is 10.6 Å². The number of hydrogen-bond acceptors (Lipinski definition) is 2. The van der Waals surface area contributed by atoms with Gasteiger partial charge in [-0.3, -0.25) is 0 Å². The summed E-state index contributed by atoms with van der Waals surface area (Å²) < 4.78 is 13.8. The monoisotopic (exact) mass is 308 g/mol. The van der Waals surface area contributed by atoms with E-state index in [1.165, 1.54) is 6.07 Å². The van der Waals surface area contributed by atoms with E-state index in [0.29, 0.717) is 22.1 Å². The molecule has 0 unspecified atom stereocenters. The Hall–Kier alpha value is -1.65. The van der Waals surface area contributed by atoms with Gasteiger partial charge >= 0.3 is 0 Å². The summed E-state index contributed by atoms with van der Waals surface area (Å²) in [5.41, 5.74) is 7.77. The van der Waals surface area contributed by atoms with Crippen LogP contribution >= 0.6 is 23.8 Å². The quantitative estimate of drug-likeness (QED) is 0.872. The molecule has 0 fully saturated rings. The molecule has 0 aliphatic carbocycles. The van der Waals surface area contributed by atoms with Crippen LogP contribution in [-0.4, -0.2) is 12.0 Å². The number of anilines is 1. The lowest BCUT2D eigenvalue weighted by Crippen LogP contribution is -2.22. The van der Waals surface area contributed by atoms with Crippen LogP contribution in [0.25, 0.3) is 0 Å². The van der Waals surface area contributed by atoms with Crippen molar-refractivity contribution in [3.8, 4) is 0 Å². The molecule has 5 heteroatoms. The Balaban J connectivity index is 2.34. The van der Waals surface area contributed by atoms with Crippen molar-refractivity contribution in [2.45, 2.75) is 6.54 Å². The van der Waals surface area contributed by atoms with E-state index in [9.17, 15) is 4.39 Å². The molecule has 20 heavy (non-hydrogen) atoms. The molecule has 2 nitrogen and oxygen atoms in total. The topological polar surface area (TPSA) is 29.3 Å². The Morgan fingerprint density at radius 3 is 2.60 bits per heavy atom. The molecule has 0 aliphatic rings. The van der Waals surface area contributed by atoms with Gasteiger partial charge in [-0.2, -0.15) is 0 Å². The Labute approximate surface area is 128 Å². The minimum Gasteiger partial charge on any atom is -0.389 e. The molecule has 104 valence electrons. The Morgan fingerprint density at radius 2 is 1.95 bits per heavy atom. The molecule has 0 heterocycles. The number of thiocarbonyl (C=S) groups is 1. The first-order valence-electron chi connectivity index (χ1n) is 6.03. The average Bonchev–Trinajstić information content (AvgIpc) is 2.43. The van der Waals surface area contributed by atoms with Gasteiger partial charge in [-0.05, 0) is 24.3 Å². The van der Waals surface area contributed by atoms with Crippen molar-refractivity contribution in [2.24, 2.45) is 5.73 Å². The lowest BCUT2D eigenvalue weighted by atomic mass is 10.1. The van der Waals surface area contributed by atoms with Crippen LogP contribution in [0.1, 0.15) is 11.1 Å². The molecule has 0 amide bonds. The van der Waals surface area contributed by atoms with Crippen LogP contribution < -0.4 is 10.6 Å². The van der Waals surface area contributed by atoms with E-state index in [1.54, 1.807) is 12.1 Å². The highest BCUT2D eigenvalue weighted by Crippen LogP contribution is 2.25. The third-order valence-corrected chi connectivity index (χ3v) is 3.61. The number of benzene rings is 2. The summed E-state index contributed by atoms with van der Waals surface area (Å²) in [6.45, 7) is 0.338. The average molecular weight is 309 g/mol. The van der Waals surface area contributed by atoms with Crippen molar-refractivity contribution in [3.63, 3.8) is 0 Å². The number of para-hydroxylation sites is 1. The summed E-state index contributed by atoms with van der Waals surface area (Å²) in [7, 11) is 1.85. The number of hydrogen-bond donors (Lipinski definition) is 1. The predicted octanol–water partition coefficient (Wildman–Crippen LogP) is 3.75. The van der Waals surface area contributed by atoms with Gasteiger partial charge in [-0.1, -0.05) is 42.0 Å². The second-order valence-electron chi connectivity index (χ2n) is 4.44. The zero-order valence-corrected chi connectivity index (χ0v) is 12.5. The molecule has 0 spiro atoms. The zero-order chi connectivity index (χ0) is 14.7. The normalized spacial score (nSPS) is 10.3. The first kappa shape index (κ1) is 14.8. The second kappa shape index (κ2) is 6.20. The number of nitrogens with zero attached hydrogens (tertiary/aromatic N) is 1. The minimum absolute atomic E-state index is 0.312. The first-order valence-corrected chi connectivity index (χ1v) is 6.82. The van der Waals surface area contributed by atoms with E-state index in [4.69, 9.17) is 29.6 Å². The van der Waals surface area contributed by atoms with Crippen LogP contribution in [0.2, 0.25) is 5.02 Å². The second-order valence-corrected chi connectivity index (χ2v) is 5.28. The van der Waals surface area contributed by atoms with Crippen LogP contribution in [-0.2, 0) is 6.54 Å². The summed E-state index contributed by atoms with van der Waals surface area (Å²) in [6, 6.07) is 12.1. The summed E-state index contributed by atoms with van der Waals surface area (Å²) in [5, 5.41) is 0.407. The SMILES string of the molecule is CN(Cc1c(F)cccc1Cl)c1ccccc1C(N)=S. The maximum Gasteiger partial charge on any atom is 0.129 e. The van der Waals surface area contributed by atoms with Gasteiger partial charge in [0.15, 0.2) is 0 Å². The van der Waals surface area contributed by atoms with E-state index in [0.717, 1.165) is 11.3 Å². The van der Waals surface area contributed by atoms with Crippen molar-refractivity contribution >= 4 is 34.5 Å². The highest BCUT2D eigenvalue weighted by Gasteiger charge is 2.13. The van der Waals surface area contributed by atoms with Crippen LogP contribution in [0.4, 0.5) is 10.1 Å². The van der Waals surface area contributed by atoms with Crippen LogP contribution in [0, 0.1) is 5.82 Å². The fourth-order valence-electron chi connectivity index (χ4n) is 2.02. The molecule has 0 bridgehead atoms. The number of nitrogens with two attached hydrogens (primary N) is 1. The summed E-state index contributed by atoms with van der Waals surface area (Å²) in [4.78, 5) is 2.19. The standard InChI is InChI=1S/C15H14ClFN2S/c1-19(9-11-12(16)6-4-7-13(11)17)14-8-3-2-5-10(14)15(18)20/h2-8H,9H2,1H3,(H2,18,20). The number of rotatable bonds is 4. The number of halogens is 2. The Bertz CT molecular complexity index is 625. The van der Waals surface area contributed by atoms with Gasteiger partial charge in [0.1, 0.15) is 10.8 Å². The Morgan fingerprint density at radius 1 is 1.25 bits per heavy atom. The minimum atomic E-state index is -0.322. The summed E-state index contributed by atoms with van der Waals surface area (Å²) in [6.07, 6.45) is 0. The summed E-state index contributed by atoms with van der Waals surface area (Å²) in [5.74, 6) is -0.322. The van der Waals surface area contributed by atoms with Crippen LogP contribution in [0.15, 0.2) is 42.5 Å². The molecule has 2 rings (SSSR count). The van der Waals surface area contributed by atoms with Gasteiger partial charge in [0.2, 0.25) is 0 Å². The van der Waals surface area contributed by atoms with E-state index in [2.05, 4.69) is 0 Å². The van der Waals surface area contributed by atoms with Crippen LogP contribution in [0.5, 0.6) is 0 Å². The highest BCUT2D eigenvalue weighted by atomic mass is 35.5. The third kappa shape index (κ3) is 3.08. The molecule has 0 atom stereocenters. The largest absolute Gasteiger partial charge is 0.389 e. The molecule has 2 aromatic rings. The van der Waals surface area contributed by atoms with Gasteiger partial charge in [-0.25, -0.2) is 4.39 Å². The summed E-state index contributed by atoms with van der Waals surface area (Å²) >= 11 is 11.1. The maximum absolute atomic E-state index is 13.8. The van der Waals surface area contributed by atoms with E-state index >= 15 is 0 Å². The van der Waals surface area contributed by atoms with E-state index in [1.807, 2.05) is 36.2 Å². The van der Waals surface area contributed by atoms with Gasteiger partial charge in [-0.15, -0.1) is 0 Å². The predicted molar refractivity (Wildman–Crippen MR) is 85.8 cm³/mol. The van der Waals surface area contributed by atoms with Crippen molar-refractivity contribution in [3.05, 3.63) is 64.4 Å². The lowest BCUT2D eigenvalue weighted by molar-refractivity contribution is 0.608. The lowest BCUT2D eigenvalue weighted by Gasteiger charge is -2.23. The molecule has 2 N–H and O–H groups in total. The van der Waals surface area contributed by atoms with Crippen LogP contribution in [0.3, 0.4) is 0 Å². The molecule has 2 aromatic carbocycles. The molecule has 0 saturated heterocycles. The fourth-order valence-corrected chi connectivity index (χ4v) is 2.42. The zero-order valence-electron chi connectivity index (χ0n) is 10.9. The Kier molecular flexibility index (Phi) is 4.57. The molecular formula is C15H14ClFN2S. The molecule has 0 aromatic heterocycles. The van der Waals surface area contributed by atoms with Gasteiger partial charge in [0.05, 0.1) is 0 Å². The fraction of sp³-hybridized carbons (Fsp3) is 0.133. The third-order valence-electron chi connectivity index (χ3n) is 3.04. The molecule has 0 saturated carbocycles. The van der Waals surface area contributed by atoms with Crippen molar-refractivity contribution in [1.82, 2.24) is 0 Å². The molecular weight excluding hydrogens is 295 g/mol. The van der Waals surface area contributed by atoms with Gasteiger partial charge in [0.25, 0.3) is 0 Å². The van der Waals surface area contributed by atoms with Crippen molar-refractivity contribution < 1.29 is 4.39 Å². The van der Waals surface area contributed by atoms with Crippen molar-refractivity contribution in [2.75, 3.05) is 11.9 Å². The maximum atomic E-state index is 13.8. The van der Waals surface area contributed by atoms with Gasteiger partial charge in [0, 0.05) is 35.4 Å². The highest BCUT2D eigenvalue weighted by molar-refractivity contribution is 7.80. The van der Waals surface area contributed by atoms with E-state index < -0.39 is 0 Å². The van der Waals surface area contributed by atoms with Crippen molar-refractivity contribution in [1.29, 1.82) is 0 Å². The molecule has 0 radical (unpaired) electrons. The smallest absolute Gasteiger partial charge is 0.129 e. The first-order chi connectivity index (χ1) is 9.50.